The Balaban J connectivity index is 1.93. The highest BCUT2D eigenvalue weighted by molar-refractivity contribution is 5.79. The number of carboxylic acids is 1. The molecule has 0 aromatic heterocycles. The summed E-state index contributed by atoms with van der Waals surface area (Å²) in [6.45, 7) is 1.70. The molecule has 2 rings (SSSR count). The fraction of sp³-hybridized carbons (Fsp3) is 0.211. The SMILES string of the molecule is CC(C=CC(=O)O)Oc1ccc(Oc2ccc(CC(F)(F)F)cc2)cc1. The fourth-order valence-electron chi connectivity index (χ4n) is 2.10. The number of benzene rings is 2. The van der Waals surface area contributed by atoms with E-state index in [2.05, 4.69) is 0 Å². The number of ether oxygens (including phenoxy) is 2. The third kappa shape index (κ3) is 6.88. The van der Waals surface area contributed by atoms with Crippen LogP contribution in [0.4, 0.5) is 13.2 Å². The van der Waals surface area contributed by atoms with E-state index in [4.69, 9.17) is 14.6 Å². The van der Waals surface area contributed by atoms with Crippen molar-refractivity contribution in [2.45, 2.75) is 25.6 Å². The molecule has 0 aliphatic heterocycles. The van der Waals surface area contributed by atoms with Crippen LogP contribution in [0.1, 0.15) is 12.5 Å². The third-order valence-corrected chi connectivity index (χ3v) is 3.22. The molecule has 0 aliphatic carbocycles. The molecule has 2 aromatic rings. The molecule has 1 N–H and O–H groups in total. The zero-order valence-electron chi connectivity index (χ0n) is 13.9. The Kier molecular flexibility index (Phi) is 6.27. The Morgan fingerprint density at radius 3 is 2.04 bits per heavy atom. The Morgan fingerprint density at radius 2 is 1.54 bits per heavy atom. The molecule has 1 unspecified atom stereocenters. The first-order valence-corrected chi connectivity index (χ1v) is 7.73. The molecule has 4 nitrogen and oxygen atoms in total. The summed E-state index contributed by atoms with van der Waals surface area (Å²) < 4.78 is 48.1. The minimum absolute atomic E-state index is 0.164. The van der Waals surface area contributed by atoms with E-state index >= 15 is 0 Å². The molecule has 0 aliphatic rings. The van der Waals surface area contributed by atoms with Crippen molar-refractivity contribution < 1.29 is 32.5 Å². The highest BCUT2D eigenvalue weighted by Gasteiger charge is 2.27. The van der Waals surface area contributed by atoms with Crippen LogP contribution in [-0.2, 0) is 11.2 Å². The number of halogens is 3. The number of aliphatic carboxylic acids is 1. The molecule has 0 spiro atoms. The second kappa shape index (κ2) is 8.42. The van der Waals surface area contributed by atoms with Crippen LogP contribution in [0.2, 0.25) is 0 Å². The molecule has 0 saturated heterocycles. The van der Waals surface area contributed by atoms with Crippen LogP contribution in [0, 0.1) is 0 Å². The van der Waals surface area contributed by atoms with E-state index in [1.54, 1.807) is 31.2 Å². The van der Waals surface area contributed by atoms with Crippen molar-refractivity contribution in [1.29, 1.82) is 0 Å². The molecule has 138 valence electrons. The second-order valence-electron chi connectivity index (χ2n) is 5.53. The molecule has 0 radical (unpaired) electrons. The summed E-state index contributed by atoms with van der Waals surface area (Å²) in [5.74, 6) is 0.392. The molecular weight excluding hydrogens is 349 g/mol. The van der Waals surface area contributed by atoms with Crippen LogP contribution in [-0.4, -0.2) is 23.4 Å². The first-order valence-electron chi connectivity index (χ1n) is 7.73. The van der Waals surface area contributed by atoms with Gasteiger partial charge in [-0.05, 0) is 55.0 Å². The summed E-state index contributed by atoms with van der Waals surface area (Å²) in [6.07, 6.45) is -3.22. The maximum absolute atomic E-state index is 12.3. The zero-order chi connectivity index (χ0) is 19.2. The smallest absolute Gasteiger partial charge is 0.393 e. The Bertz CT molecular complexity index is 750. The highest BCUT2D eigenvalue weighted by Crippen LogP contribution is 2.26. The lowest BCUT2D eigenvalue weighted by Crippen LogP contribution is -2.11. The maximum atomic E-state index is 12.3. The van der Waals surface area contributed by atoms with Crippen LogP contribution in [0.5, 0.6) is 17.2 Å². The molecule has 0 fully saturated rings. The predicted molar refractivity (Wildman–Crippen MR) is 89.6 cm³/mol. The maximum Gasteiger partial charge on any atom is 0.393 e. The lowest BCUT2D eigenvalue weighted by Gasteiger charge is -2.12. The molecule has 0 heterocycles. The van der Waals surface area contributed by atoms with Gasteiger partial charge in [0.25, 0.3) is 0 Å². The average molecular weight is 366 g/mol. The third-order valence-electron chi connectivity index (χ3n) is 3.22. The van der Waals surface area contributed by atoms with E-state index in [1.165, 1.54) is 30.3 Å². The Morgan fingerprint density at radius 1 is 1.04 bits per heavy atom. The van der Waals surface area contributed by atoms with Crippen LogP contribution >= 0.6 is 0 Å². The Hall–Kier alpha value is -2.96. The molecular formula is C19H17F3O4. The topological polar surface area (TPSA) is 55.8 Å². The minimum Gasteiger partial charge on any atom is -0.487 e. The lowest BCUT2D eigenvalue weighted by molar-refractivity contribution is -0.131. The van der Waals surface area contributed by atoms with E-state index in [0.717, 1.165) is 6.08 Å². The average Bonchev–Trinajstić information content (AvgIpc) is 2.55. The molecule has 2 aromatic carbocycles. The predicted octanol–water partition coefficient (Wildman–Crippen LogP) is 4.99. The van der Waals surface area contributed by atoms with Crippen molar-refractivity contribution in [3.63, 3.8) is 0 Å². The number of hydrogen-bond donors (Lipinski definition) is 1. The summed E-state index contributed by atoms with van der Waals surface area (Å²) in [6, 6.07) is 12.3. The summed E-state index contributed by atoms with van der Waals surface area (Å²) in [7, 11) is 0. The monoisotopic (exact) mass is 366 g/mol. The van der Waals surface area contributed by atoms with Gasteiger partial charge in [0.2, 0.25) is 0 Å². The van der Waals surface area contributed by atoms with Gasteiger partial charge in [-0.25, -0.2) is 4.79 Å². The van der Waals surface area contributed by atoms with Crippen LogP contribution in [0.3, 0.4) is 0 Å². The van der Waals surface area contributed by atoms with Gasteiger partial charge in [-0.1, -0.05) is 12.1 Å². The molecule has 26 heavy (non-hydrogen) atoms. The molecule has 0 saturated carbocycles. The number of alkyl halides is 3. The van der Waals surface area contributed by atoms with Gasteiger partial charge >= 0.3 is 12.1 Å². The first-order chi connectivity index (χ1) is 12.2. The van der Waals surface area contributed by atoms with Crippen molar-refractivity contribution in [3.8, 4) is 17.2 Å². The van der Waals surface area contributed by atoms with Gasteiger partial charge in [0.05, 0.1) is 6.42 Å². The molecule has 1 atom stereocenters. The van der Waals surface area contributed by atoms with Gasteiger partial charge in [-0.3, -0.25) is 0 Å². The standard InChI is InChI=1S/C19H17F3O4/c1-13(2-11-18(23)24)25-15-7-9-17(10-8-15)26-16-5-3-14(4-6-16)12-19(20,21)22/h2-11,13H,12H2,1H3,(H,23,24). The van der Waals surface area contributed by atoms with Crippen molar-refractivity contribution in [1.82, 2.24) is 0 Å². The van der Waals surface area contributed by atoms with Crippen molar-refractivity contribution in [3.05, 3.63) is 66.2 Å². The van der Waals surface area contributed by atoms with Crippen molar-refractivity contribution in [2.24, 2.45) is 0 Å². The first kappa shape index (κ1) is 19.4. The van der Waals surface area contributed by atoms with Gasteiger partial charge < -0.3 is 14.6 Å². The normalized spacial score (nSPS) is 12.8. The minimum atomic E-state index is -4.24. The fourth-order valence-corrected chi connectivity index (χ4v) is 2.10. The van der Waals surface area contributed by atoms with Crippen LogP contribution < -0.4 is 9.47 Å². The van der Waals surface area contributed by atoms with Gasteiger partial charge in [0.1, 0.15) is 23.4 Å². The summed E-state index contributed by atoms with van der Waals surface area (Å²) in [4.78, 5) is 10.4. The number of carbonyl (C=O) groups is 1. The summed E-state index contributed by atoms with van der Waals surface area (Å²) >= 11 is 0. The van der Waals surface area contributed by atoms with Crippen LogP contribution in [0.15, 0.2) is 60.7 Å². The number of carboxylic acid groups (broad SMARTS) is 1. The van der Waals surface area contributed by atoms with E-state index < -0.39 is 24.7 Å². The molecule has 0 amide bonds. The van der Waals surface area contributed by atoms with E-state index in [0.29, 0.717) is 17.2 Å². The van der Waals surface area contributed by atoms with Crippen molar-refractivity contribution in [2.75, 3.05) is 0 Å². The highest BCUT2D eigenvalue weighted by atomic mass is 19.4. The van der Waals surface area contributed by atoms with Gasteiger partial charge in [0.15, 0.2) is 0 Å². The van der Waals surface area contributed by atoms with Gasteiger partial charge in [-0.15, -0.1) is 0 Å². The van der Waals surface area contributed by atoms with E-state index in [-0.39, 0.29) is 5.56 Å². The zero-order valence-corrected chi connectivity index (χ0v) is 13.9. The van der Waals surface area contributed by atoms with Gasteiger partial charge in [0, 0.05) is 6.08 Å². The van der Waals surface area contributed by atoms with Crippen LogP contribution in [0.25, 0.3) is 0 Å². The van der Waals surface area contributed by atoms with Crippen molar-refractivity contribution >= 4 is 5.97 Å². The quantitative estimate of drug-likeness (QED) is 0.701. The Labute approximate surface area is 148 Å². The van der Waals surface area contributed by atoms with E-state index in [9.17, 15) is 18.0 Å². The number of rotatable bonds is 7. The molecule has 7 heteroatoms. The number of hydrogen-bond acceptors (Lipinski definition) is 3. The lowest BCUT2D eigenvalue weighted by atomic mass is 10.1. The summed E-state index contributed by atoms with van der Waals surface area (Å²) in [5, 5.41) is 8.56. The summed E-state index contributed by atoms with van der Waals surface area (Å²) in [5.41, 5.74) is 0.164. The van der Waals surface area contributed by atoms with E-state index in [1.807, 2.05) is 0 Å². The second-order valence-corrected chi connectivity index (χ2v) is 5.53. The largest absolute Gasteiger partial charge is 0.487 e. The van der Waals surface area contributed by atoms with Gasteiger partial charge in [-0.2, -0.15) is 13.2 Å². The molecule has 0 bridgehead atoms.